The molecule has 0 saturated carbocycles. The Labute approximate surface area is 138 Å². The van der Waals surface area contributed by atoms with Crippen LogP contribution in [0.15, 0.2) is 54.9 Å². The molecule has 0 fully saturated rings. The van der Waals surface area contributed by atoms with E-state index >= 15 is 0 Å². The Morgan fingerprint density at radius 2 is 2.12 bits per heavy atom. The minimum absolute atomic E-state index is 0.274. The molecule has 0 radical (unpaired) electrons. The molecule has 1 atom stereocenters. The monoisotopic (exact) mass is 325 g/mol. The summed E-state index contributed by atoms with van der Waals surface area (Å²) in [4.78, 5) is 19.6. The fourth-order valence-corrected chi connectivity index (χ4v) is 2.39. The van der Waals surface area contributed by atoms with E-state index in [0.29, 0.717) is 17.0 Å². The van der Waals surface area contributed by atoms with Crippen molar-refractivity contribution in [2.75, 3.05) is 0 Å². The molecule has 0 saturated heterocycles. The SMILES string of the molecule is C[C@@H](NC(=O)c1cccc(-c2ncc[nH]2)c1)c1ccc(O)c(F)c1. The van der Waals surface area contributed by atoms with E-state index in [4.69, 9.17) is 0 Å². The van der Waals surface area contributed by atoms with Gasteiger partial charge < -0.3 is 15.4 Å². The van der Waals surface area contributed by atoms with E-state index in [1.807, 2.05) is 6.07 Å². The Balaban J connectivity index is 1.77. The summed E-state index contributed by atoms with van der Waals surface area (Å²) >= 11 is 0. The third kappa shape index (κ3) is 3.27. The number of carbonyl (C=O) groups is 1. The van der Waals surface area contributed by atoms with Gasteiger partial charge in [0, 0.05) is 23.5 Å². The summed E-state index contributed by atoms with van der Waals surface area (Å²) in [6, 6.07) is 10.7. The summed E-state index contributed by atoms with van der Waals surface area (Å²) in [7, 11) is 0. The van der Waals surface area contributed by atoms with Crippen LogP contribution in [-0.4, -0.2) is 21.0 Å². The molecule has 0 unspecified atom stereocenters. The molecule has 3 aromatic rings. The lowest BCUT2D eigenvalue weighted by atomic mass is 10.1. The molecular weight excluding hydrogens is 309 g/mol. The lowest BCUT2D eigenvalue weighted by molar-refractivity contribution is 0.0940. The molecular formula is C18H16FN3O2. The quantitative estimate of drug-likeness (QED) is 0.688. The van der Waals surface area contributed by atoms with Crippen molar-refractivity contribution in [1.29, 1.82) is 0 Å². The van der Waals surface area contributed by atoms with Crippen molar-refractivity contribution in [2.24, 2.45) is 0 Å². The number of rotatable bonds is 4. The fourth-order valence-electron chi connectivity index (χ4n) is 2.39. The van der Waals surface area contributed by atoms with Gasteiger partial charge in [-0.2, -0.15) is 0 Å². The van der Waals surface area contributed by atoms with Crippen LogP contribution in [0.3, 0.4) is 0 Å². The fraction of sp³-hybridized carbons (Fsp3) is 0.111. The van der Waals surface area contributed by atoms with E-state index < -0.39 is 17.6 Å². The first-order valence-corrected chi connectivity index (χ1v) is 7.43. The number of halogens is 1. The zero-order valence-electron chi connectivity index (χ0n) is 13.0. The van der Waals surface area contributed by atoms with Crippen molar-refractivity contribution in [2.45, 2.75) is 13.0 Å². The van der Waals surface area contributed by atoms with Crippen molar-refractivity contribution in [1.82, 2.24) is 15.3 Å². The van der Waals surface area contributed by atoms with Gasteiger partial charge in [0.25, 0.3) is 5.91 Å². The molecule has 1 heterocycles. The number of imidazole rings is 1. The Kier molecular flexibility index (Phi) is 4.29. The Morgan fingerprint density at radius 1 is 1.29 bits per heavy atom. The minimum atomic E-state index is -0.714. The van der Waals surface area contributed by atoms with Crippen LogP contribution in [-0.2, 0) is 0 Å². The molecule has 5 nitrogen and oxygen atoms in total. The molecule has 0 spiro atoms. The number of benzene rings is 2. The standard InChI is InChI=1S/C18H16FN3O2/c1-11(12-5-6-16(23)15(19)10-12)22-18(24)14-4-2-3-13(9-14)17-20-7-8-21-17/h2-11,23H,1H3,(H,20,21)(H,22,24)/t11-/m1/s1. The smallest absolute Gasteiger partial charge is 0.251 e. The van der Waals surface area contributed by atoms with Gasteiger partial charge in [0.05, 0.1) is 6.04 Å². The lowest BCUT2D eigenvalue weighted by Gasteiger charge is -2.15. The highest BCUT2D eigenvalue weighted by Crippen LogP contribution is 2.21. The second kappa shape index (κ2) is 6.54. The Bertz CT molecular complexity index is 862. The number of phenols is 1. The van der Waals surface area contributed by atoms with Gasteiger partial charge in [-0.3, -0.25) is 4.79 Å². The molecule has 3 N–H and O–H groups in total. The summed E-state index contributed by atoms with van der Waals surface area (Å²) < 4.78 is 13.4. The Morgan fingerprint density at radius 3 is 2.83 bits per heavy atom. The van der Waals surface area contributed by atoms with E-state index in [1.165, 1.54) is 12.1 Å². The summed E-state index contributed by atoms with van der Waals surface area (Å²) in [6.07, 6.45) is 3.35. The number of H-pyrrole nitrogens is 1. The molecule has 24 heavy (non-hydrogen) atoms. The maximum atomic E-state index is 13.4. The van der Waals surface area contributed by atoms with Crippen LogP contribution in [0.4, 0.5) is 4.39 Å². The molecule has 2 aromatic carbocycles. The normalized spacial score (nSPS) is 11.9. The van der Waals surface area contributed by atoms with Gasteiger partial charge in [0.2, 0.25) is 0 Å². The number of nitrogens with zero attached hydrogens (tertiary/aromatic N) is 1. The molecule has 0 aliphatic carbocycles. The molecule has 0 aliphatic heterocycles. The summed E-state index contributed by atoms with van der Waals surface area (Å²) in [6.45, 7) is 1.75. The number of amides is 1. The number of aromatic nitrogens is 2. The van der Waals surface area contributed by atoms with Crippen LogP contribution < -0.4 is 5.32 Å². The molecule has 1 aromatic heterocycles. The average molecular weight is 325 g/mol. The van der Waals surface area contributed by atoms with Crippen molar-refractivity contribution >= 4 is 5.91 Å². The van der Waals surface area contributed by atoms with Crippen molar-refractivity contribution in [3.05, 3.63) is 71.8 Å². The van der Waals surface area contributed by atoms with E-state index in [0.717, 1.165) is 5.56 Å². The van der Waals surface area contributed by atoms with Crippen LogP contribution in [0.2, 0.25) is 0 Å². The number of hydrogen-bond acceptors (Lipinski definition) is 3. The highest BCUT2D eigenvalue weighted by atomic mass is 19.1. The second-order valence-electron chi connectivity index (χ2n) is 5.42. The van der Waals surface area contributed by atoms with Crippen LogP contribution in [0.5, 0.6) is 5.75 Å². The average Bonchev–Trinajstić information content (AvgIpc) is 3.12. The van der Waals surface area contributed by atoms with Crippen molar-refractivity contribution in [3.63, 3.8) is 0 Å². The zero-order chi connectivity index (χ0) is 17.1. The van der Waals surface area contributed by atoms with Crippen LogP contribution >= 0.6 is 0 Å². The van der Waals surface area contributed by atoms with Gasteiger partial charge in [-0.1, -0.05) is 18.2 Å². The predicted octanol–water partition coefficient (Wildman–Crippen LogP) is 3.41. The van der Waals surface area contributed by atoms with Gasteiger partial charge in [0.1, 0.15) is 5.82 Å². The maximum absolute atomic E-state index is 13.4. The maximum Gasteiger partial charge on any atom is 0.251 e. The van der Waals surface area contributed by atoms with Gasteiger partial charge in [-0.25, -0.2) is 9.37 Å². The summed E-state index contributed by atoms with van der Waals surface area (Å²) in [5.74, 6) is -0.723. The number of aromatic amines is 1. The first-order valence-electron chi connectivity index (χ1n) is 7.43. The number of hydrogen-bond donors (Lipinski definition) is 3. The molecule has 3 rings (SSSR count). The second-order valence-corrected chi connectivity index (χ2v) is 5.42. The predicted molar refractivity (Wildman–Crippen MR) is 88.0 cm³/mol. The minimum Gasteiger partial charge on any atom is -0.505 e. The van der Waals surface area contributed by atoms with Gasteiger partial charge in [-0.15, -0.1) is 0 Å². The highest BCUT2D eigenvalue weighted by molar-refractivity contribution is 5.95. The van der Waals surface area contributed by atoms with E-state index in [1.54, 1.807) is 43.6 Å². The first-order chi connectivity index (χ1) is 11.5. The van der Waals surface area contributed by atoms with Gasteiger partial charge in [0.15, 0.2) is 11.6 Å². The molecule has 1 amide bonds. The molecule has 0 aliphatic rings. The molecule has 0 bridgehead atoms. The number of phenolic OH excluding ortho intramolecular Hbond substituents is 1. The summed E-state index contributed by atoms with van der Waals surface area (Å²) in [5.41, 5.74) is 1.85. The number of aromatic hydroxyl groups is 1. The van der Waals surface area contributed by atoms with E-state index in [9.17, 15) is 14.3 Å². The third-order valence-corrected chi connectivity index (χ3v) is 3.72. The number of nitrogens with one attached hydrogen (secondary N) is 2. The third-order valence-electron chi connectivity index (χ3n) is 3.72. The molecule has 122 valence electrons. The molecule has 6 heteroatoms. The van der Waals surface area contributed by atoms with E-state index in [2.05, 4.69) is 15.3 Å². The van der Waals surface area contributed by atoms with Crippen LogP contribution in [0, 0.1) is 5.82 Å². The van der Waals surface area contributed by atoms with E-state index in [-0.39, 0.29) is 5.91 Å². The largest absolute Gasteiger partial charge is 0.505 e. The van der Waals surface area contributed by atoms with Gasteiger partial charge in [-0.05, 0) is 36.8 Å². The Hall–Kier alpha value is -3.15. The van der Waals surface area contributed by atoms with Crippen LogP contribution in [0.1, 0.15) is 28.9 Å². The summed E-state index contributed by atoms with van der Waals surface area (Å²) in [5, 5.41) is 12.0. The van der Waals surface area contributed by atoms with Gasteiger partial charge >= 0.3 is 0 Å². The topological polar surface area (TPSA) is 78.0 Å². The van der Waals surface area contributed by atoms with Crippen molar-refractivity contribution < 1.29 is 14.3 Å². The zero-order valence-corrected chi connectivity index (χ0v) is 13.0. The van der Waals surface area contributed by atoms with Crippen molar-refractivity contribution in [3.8, 4) is 17.1 Å². The number of carbonyl (C=O) groups excluding carboxylic acids is 1. The first kappa shape index (κ1) is 15.7. The van der Waals surface area contributed by atoms with Crippen LogP contribution in [0.25, 0.3) is 11.4 Å². The lowest BCUT2D eigenvalue weighted by Crippen LogP contribution is -2.26. The highest BCUT2D eigenvalue weighted by Gasteiger charge is 2.14.